The molecule has 0 N–H and O–H groups in total. The van der Waals surface area contributed by atoms with Gasteiger partial charge in [0.2, 0.25) is 10.0 Å². The van der Waals surface area contributed by atoms with E-state index in [0.29, 0.717) is 32.0 Å². The zero-order valence-electron chi connectivity index (χ0n) is 20.4. The number of aryl methyl sites for hydroxylation is 2. The van der Waals surface area contributed by atoms with Crippen LogP contribution in [0.15, 0.2) is 53.4 Å². The zero-order chi connectivity index (χ0) is 25.2. The van der Waals surface area contributed by atoms with E-state index >= 15 is 0 Å². The van der Waals surface area contributed by atoms with Gasteiger partial charge in [-0.05, 0) is 55.8 Å². The number of carbonyl (C=O) groups is 1. The van der Waals surface area contributed by atoms with Crippen molar-refractivity contribution in [1.82, 2.24) is 14.1 Å². The molecule has 0 aliphatic carbocycles. The van der Waals surface area contributed by atoms with Gasteiger partial charge in [-0.3, -0.25) is 0 Å². The third-order valence-corrected chi connectivity index (χ3v) is 7.69. The highest BCUT2D eigenvalue weighted by atomic mass is 32.2. The van der Waals surface area contributed by atoms with Crippen molar-refractivity contribution in [3.8, 4) is 5.69 Å². The van der Waals surface area contributed by atoms with E-state index in [1.165, 1.54) is 26.2 Å². The molecular formula is C25H30N4O5S. The van der Waals surface area contributed by atoms with E-state index in [4.69, 9.17) is 9.47 Å². The first-order chi connectivity index (χ1) is 16.7. The summed E-state index contributed by atoms with van der Waals surface area (Å²) in [6.45, 7) is 6.28. The maximum Gasteiger partial charge on any atom is 0.340 e. The van der Waals surface area contributed by atoms with Crippen molar-refractivity contribution in [2.75, 3.05) is 45.3 Å². The number of anilines is 1. The Morgan fingerprint density at radius 1 is 1.06 bits per heavy atom. The molecule has 1 aromatic heterocycles. The zero-order valence-corrected chi connectivity index (χ0v) is 21.2. The molecule has 0 amide bonds. The van der Waals surface area contributed by atoms with E-state index in [-0.39, 0.29) is 17.1 Å². The lowest BCUT2D eigenvalue weighted by Gasteiger charge is -2.30. The van der Waals surface area contributed by atoms with E-state index in [1.54, 1.807) is 6.07 Å². The Bertz CT molecular complexity index is 1310. The molecular weight excluding hydrogens is 468 g/mol. The van der Waals surface area contributed by atoms with Crippen LogP contribution in [0, 0.1) is 13.8 Å². The van der Waals surface area contributed by atoms with Crippen LogP contribution in [-0.4, -0.2) is 68.9 Å². The van der Waals surface area contributed by atoms with Crippen molar-refractivity contribution in [2.24, 2.45) is 0 Å². The second-order valence-corrected chi connectivity index (χ2v) is 10.8. The molecule has 35 heavy (non-hydrogen) atoms. The van der Waals surface area contributed by atoms with Crippen LogP contribution in [0.5, 0.6) is 0 Å². The lowest BCUT2D eigenvalue weighted by atomic mass is 10.1. The summed E-state index contributed by atoms with van der Waals surface area (Å²) in [5.41, 5.74) is 4.56. The van der Waals surface area contributed by atoms with Gasteiger partial charge in [0.05, 0.1) is 40.7 Å². The summed E-state index contributed by atoms with van der Waals surface area (Å²) in [7, 11) is -0.792. The highest BCUT2D eigenvalue weighted by molar-refractivity contribution is 7.89. The molecule has 2 heterocycles. The minimum absolute atomic E-state index is 0.0423. The van der Waals surface area contributed by atoms with Gasteiger partial charge in [0.15, 0.2) is 0 Å². The number of morpholine rings is 1. The number of hydrogen-bond donors (Lipinski definition) is 0. The Morgan fingerprint density at radius 3 is 2.34 bits per heavy atom. The van der Waals surface area contributed by atoms with E-state index in [1.807, 2.05) is 53.8 Å². The maximum absolute atomic E-state index is 13.2. The van der Waals surface area contributed by atoms with Crippen LogP contribution in [0.3, 0.4) is 0 Å². The van der Waals surface area contributed by atoms with Gasteiger partial charge in [-0.2, -0.15) is 5.10 Å². The normalized spacial score (nSPS) is 14.4. The van der Waals surface area contributed by atoms with Crippen molar-refractivity contribution < 1.29 is 22.7 Å². The molecule has 0 spiro atoms. The summed E-state index contributed by atoms with van der Waals surface area (Å²) in [5.74, 6) is -0.579. The van der Waals surface area contributed by atoms with Gasteiger partial charge < -0.3 is 14.4 Å². The maximum atomic E-state index is 13.2. The number of carbonyl (C=O) groups excluding carboxylic acids is 1. The average molecular weight is 499 g/mol. The van der Waals surface area contributed by atoms with E-state index in [0.717, 1.165) is 26.9 Å². The van der Waals surface area contributed by atoms with Gasteiger partial charge in [-0.15, -0.1) is 0 Å². The van der Waals surface area contributed by atoms with Crippen molar-refractivity contribution in [1.29, 1.82) is 0 Å². The van der Waals surface area contributed by atoms with Gasteiger partial charge >= 0.3 is 5.97 Å². The fraction of sp³-hybridized carbons (Fsp3) is 0.360. The van der Waals surface area contributed by atoms with Crippen molar-refractivity contribution in [3.63, 3.8) is 0 Å². The fourth-order valence-electron chi connectivity index (χ4n) is 3.98. The van der Waals surface area contributed by atoms with Gasteiger partial charge in [-0.1, -0.05) is 12.1 Å². The summed E-state index contributed by atoms with van der Waals surface area (Å²) in [4.78, 5) is 15.2. The number of rotatable bonds is 7. The summed E-state index contributed by atoms with van der Waals surface area (Å²) in [5, 5.41) is 4.48. The van der Waals surface area contributed by atoms with E-state index < -0.39 is 16.0 Å². The first-order valence-corrected chi connectivity index (χ1v) is 12.8. The van der Waals surface area contributed by atoms with E-state index in [9.17, 15) is 13.2 Å². The Morgan fingerprint density at radius 2 is 1.74 bits per heavy atom. The molecule has 186 valence electrons. The molecule has 9 nitrogen and oxygen atoms in total. The van der Waals surface area contributed by atoms with Gasteiger partial charge in [0.25, 0.3) is 0 Å². The highest BCUT2D eigenvalue weighted by Crippen LogP contribution is 2.27. The van der Waals surface area contributed by atoms with Gasteiger partial charge in [0, 0.05) is 32.9 Å². The molecule has 4 rings (SSSR count). The Balaban J connectivity index is 1.56. The molecule has 0 radical (unpaired) electrons. The van der Waals surface area contributed by atoms with Crippen molar-refractivity contribution in [3.05, 3.63) is 71.0 Å². The second-order valence-electron chi connectivity index (χ2n) is 8.65. The van der Waals surface area contributed by atoms with Crippen LogP contribution >= 0.6 is 0 Å². The summed E-state index contributed by atoms with van der Waals surface area (Å²) in [6, 6.07) is 14.2. The van der Waals surface area contributed by atoms with Crippen LogP contribution < -0.4 is 4.90 Å². The number of esters is 1. The predicted molar refractivity (Wildman–Crippen MR) is 133 cm³/mol. The SMILES string of the molecule is Cc1cc(C)n(-c2ccc(COC(=O)c3cc(S(=O)(=O)N(C)C)ccc3N3CCOCC3)cc2)n1. The minimum Gasteiger partial charge on any atom is -0.457 e. The number of benzene rings is 2. The molecule has 1 fully saturated rings. The molecule has 10 heteroatoms. The Kier molecular flexibility index (Phi) is 7.25. The van der Waals surface area contributed by atoms with Crippen LogP contribution in [0.4, 0.5) is 5.69 Å². The van der Waals surface area contributed by atoms with Crippen LogP contribution in [-0.2, 0) is 26.1 Å². The molecule has 1 saturated heterocycles. The summed E-state index contributed by atoms with van der Waals surface area (Å²) >= 11 is 0. The molecule has 0 unspecified atom stereocenters. The highest BCUT2D eigenvalue weighted by Gasteiger charge is 2.25. The minimum atomic E-state index is -3.71. The predicted octanol–water partition coefficient (Wildman–Crippen LogP) is 2.93. The van der Waals surface area contributed by atoms with Crippen LogP contribution in [0.25, 0.3) is 5.69 Å². The molecule has 0 bridgehead atoms. The number of hydrogen-bond acceptors (Lipinski definition) is 7. The average Bonchev–Trinajstić information content (AvgIpc) is 3.20. The smallest absolute Gasteiger partial charge is 0.340 e. The number of nitrogens with zero attached hydrogens (tertiary/aromatic N) is 4. The first-order valence-electron chi connectivity index (χ1n) is 11.4. The van der Waals surface area contributed by atoms with Crippen LogP contribution in [0.2, 0.25) is 0 Å². The molecule has 0 atom stereocenters. The lowest BCUT2D eigenvalue weighted by Crippen LogP contribution is -2.37. The lowest BCUT2D eigenvalue weighted by molar-refractivity contribution is 0.0472. The fourth-order valence-corrected chi connectivity index (χ4v) is 4.91. The van der Waals surface area contributed by atoms with Gasteiger partial charge in [-0.25, -0.2) is 22.2 Å². The number of aromatic nitrogens is 2. The molecule has 1 aliphatic heterocycles. The largest absolute Gasteiger partial charge is 0.457 e. The standard InChI is InChI=1S/C25H30N4O5S/c1-18-15-19(2)29(26-18)21-7-5-20(6-8-21)17-34-25(30)23-16-22(35(31,32)27(3)4)9-10-24(23)28-11-13-33-14-12-28/h5-10,15-16H,11-14,17H2,1-4H3. The third-order valence-electron chi connectivity index (χ3n) is 5.88. The summed E-state index contributed by atoms with van der Waals surface area (Å²) in [6.07, 6.45) is 0. The molecule has 0 saturated carbocycles. The monoisotopic (exact) mass is 498 g/mol. The molecule has 3 aromatic rings. The Labute approximate surface area is 205 Å². The Hall–Kier alpha value is -3.21. The number of sulfonamides is 1. The molecule has 1 aliphatic rings. The van der Waals surface area contributed by atoms with Crippen molar-refractivity contribution >= 4 is 21.7 Å². The van der Waals surface area contributed by atoms with Crippen LogP contribution in [0.1, 0.15) is 27.3 Å². The topological polar surface area (TPSA) is 94.0 Å². The second kappa shape index (κ2) is 10.2. The quantitative estimate of drug-likeness (QED) is 0.462. The molecule has 2 aromatic carbocycles. The van der Waals surface area contributed by atoms with Gasteiger partial charge in [0.1, 0.15) is 6.61 Å². The third kappa shape index (κ3) is 5.39. The first kappa shape index (κ1) is 24.9. The number of ether oxygens (including phenoxy) is 2. The van der Waals surface area contributed by atoms with Crippen molar-refractivity contribution in [2.45, 2.75) is 25.3 Å². The van der Waals surface area contributed by atoms with E-state index in [2.05, 4.69) is 5.10 Å². The summed E-state index contributed by atoms with van der Waals surface area (Å²) < 4.78 is 39.4.